The largest absolute Gasteiger partial charge is 0.400 e. The van der Waals surface area contributed by atoms with Crippen molar-refractivity contribution in [2.75, 3.05) is 19.4 Å². The van der Waals surface area contributed by atoms with Crippen molar-refractivity contribution in [1.82, 2.24) is 0 Å². The van der Waals surface area contributed by atoms with Gasteiger partial charge in [-0.15, -0.1) is 12.8 Å². The van der Waals surface area contributed by atoms with Gasteiger partial charge in [0.2, 0.25) is 0 Å². The smallest absolute Gasteiger partial charge is 0.295 e. The minimum Gasteiger partial charge on any atom is -0.295 e. The van der Waals surface area contributed by atoms with E-state index in [1.54, 1.807) is 0 Å². The Hall–Kier alpha value is -0.940. The van der Waals surface area contributed by atoms with Crippen molar-refractivity contribution in [1.29, 1.82) is 0 Å². The van der Waals surface area contributed by atoms with Crippen LogP contribution in [-0.2, 0) is 13.6 Å². The fraction of sp³-hybridized carbons (Fsp3) is 0.500. The molecule has 0 aromatic carbocycles. The van der Waals surface area contributed by atoms with E-state index in [1.165, 1.54) is 0 Å². The Morgan fingerprint density at radius 1 is 1.13 bits per heavy atom. The molecule has 0 N–H and O–H groups in total. The van der Waals surface area contributed by atoms with Gasteiger partial charge in [-0.3, -0.25) is 13.6 Å². The van der Waals surface area contributed by atoms with E-state index in [9.17, 15) is 17.7 Å². The molecule has 7 heteroatoms. The van der Waals surface area contributed by atoms with Crippen molar-refractivity contribution in [3.8, 4) is 24.7 Å². The first kappa shape index (κ1) is 14.1. The molecule has 0 rings (SSSR count). The number of hydrogen-bond donors (Lipinski definition) is 0. The van der Waals surface area contributed by atoms with E-state index in [4.69, 9.17) is 12.8 Å². The van der Waals surface area contributed by atoms with Crippen molar-refractivity contribution in [3.05, 3.63) is 0 Å². The standard InChI is InChI=1S/C8H8F3O3P/c1-3-5-13-15(12,14-6-4-2)7-8(9,10)11/h1-2H,5-7H2. The molecule has 0 saturated carbocycles. The van der Waals surface area contributed by atoms with Crippen LogP contribution in [-0.4, -0.2) is 25.6 Å². The summed E-state index contributed by atoms with van der Waals surface area (Å²) in [5, 5.41) is 0. The summed E-state index contributed by atoms with van der Waals surface area (Å²) in [5.74, 6) is 3.78. The lowest BCUT2D eigenvalue weighted by atomic mass is 10.8. The van der Waals surface area contributed by atoms with Crippen LogP contribution < -0.4 is 0 Å². The third-order valence-electron chi connectivity index (χ3n) is 1.06. The lowest BCUT2D eigenvalue weighted by Crippen LogP contribution is -2.17. The zero-order valence-electron chi connectivity index (χ0n) is 7.58. The van der Waals surface area contributed by atoms with Crippen LogP contribution in [0.1, 0.15) is 0 Å². The SMILES string of the molecule is C#CCOP(=O)(CC(F)(F)F)OCC#C. The molecule has 3 nitrogen and oxygen atoms in total. The maximum atomic E-state index is 12.0. The Labute approximate surface area is 85.5 Å². The average molecular weight is 240 g/mol. The molecule has 0 fully saturated rings. The maximum absolute atomic E-state index is 12.0. The molecule has 0 bridgehead atoms. The molecule has 0 amide bonds. The Kier molecular flexibility index (Phi) is 5.46. The molecule has 15 heavy (non-hydrogen) atoms. The highest BCUT2D eigenvalue weighted by Crippen LogP contribution is 2.51. The van der Waals surface area contributed by atoms with Crippen LogP contribution in [0.3, 0.4) is 0 Å². The van der Waals surface area contributed by atoms with Gasteiger partial charge in [-0.25, -0.2) is 0 Å². The predicted octanol–water partition coefficient (Wildman–Crippen LogP) is 2.04. The predicted molar refractivity (Wildman–Crippen MR) is 48.1 cm³/mol. The normalized spacial score (nSPS) is 11.8. The van der Waals surface area contributed by atoms with Crippen molar-refractivity contribution in [2.45, 2.75) is 6.18 Å². The van der Waals surface area contributed by atoms with E-state index >= 15 is 0 Å². The highest BCUT2D eigenvalue weighted by Gasteiger charge is 2.41. The van der Waals surface area contributed by atoms with Gasteiger partial charge in [0.15, 0.2) is 0 Å². The Morgan fingerprint density at radius 3 is 1.80 bits per heavy atom. The minimum absolute atomic E-state index is 0.530. The highest BCUT2D eigenvalue weighted by molar-refractivity contribution is 7.53. The summed E-state index contributed by atoms with van der Waals surface area (Å²) in [7, 11) is -4.28. The van der Waals surface area contributed by atoms with Gasteiger partial charge in [0.05, 0.1) is 0 Å². The van der Waals surface area contributed by atoms with Gasteiger partial charge in [-0.1, -0.05) is 11.8 Å². The molecule has 0 aliphatic carbocycles. The van der Waals surface area contributed by atoms with Gasteiger partial charge >= 0.3 is 13.8 Å². The third-order valence-corrected chi connectivity index (χ3v) is 2.85. The van der Waals surface area contributed by atoms with E-state index in [1.807, 2.05) is 11.8 Å². The van der Waals surface area contributed by atoms with E-state index in [-0.39, 0.29) is 0 Å². The third kappa shape index (κ3) is 7.04. The van der Waals surface area contributed by atoms with Crippen LogP contribution in [0.15, 0.2) is 0 Å². The zero-order valence-corrected chi connectivity index (χ0v) is 8.48. The highest BCUT2D eigenvalue weighted by atomic mass is 31.2. The van der Waals surface area contributed by atoms with E-state index in [0.717, 1.165) is 0 Å². The second kappa shape index (κ2) is 5.82. The van der Waals surface area contributed by atoms with Crippen molar-refractivity contribution >= 4 is 7.60 Å². The van der Waals surface area contributed by atoms with E-state index in [2.05, 4.69) is 9.05 Å². The molecule has 0 aromatic rings. The van der Waals surface area contributed by atoms with Crippen LogP contribution in [0, 0.1) is 24.7 Å². The zero-order chi connectivity index (χ0) is 11.9. The summed E-state index contributed by atoms with van der Waals surface area (Å²) in [6, 6.07) is 0. The number of rotatable bonds is 5. The molecule has 0 saturated heterocycles. The fourth-order valence-corrected chi connectivity index (χ4v) is 1.86. The van der Waals surface area contributed by atoms with Crippen molar-refractivity contribution < 1.29 is 26.8 Å². The first-order valence-electron chi connectivity index (χ1n) is 3.65. The number of alkyl halides is 3. The average Bonchev–Trinajstić information content (AvgIpc) is 2.09. The van der Waals surface area contributed by atoms with Crippen LogP contribution >= 0.6 is 7.60 Å². The molecule has 84 valence electrons. The van der Waals surface area contributed by atoms with Crippen molar-refractivity contribution in [2.24, 2.45) is 0 Å². The van der Waals surface area contributed by atoms with E-state index in [0.29, 0.717) is 0 Å². The van der Waals surface area contributed by atoms with Gasteiger partial charge in [-0.05, 0) is 0 Å². The number of terminal acetylenes is 2. The van der Waals surface area contributed by atoms with Crippen LogP contribution in [0.4, 0.5) is 13.2 Å². The maximum Gasteiger partial charge on any atom is 0.400 e. The molecule has 0 spiro atoms. The van der Waals surface area contributed by atoms with Gasteiger partial charge in [0, 0.05) is 0 Å². The molecule has 0 aliphatic heterocycles. The van der Waals surface area contributed by atoms with Gasteiger partial charge in [0.1, 0.15) is 19.4 Å². The van der Waals surface area contributed by atoms with E-state index < -0.39 is 33.1 Å². The Morgan fingerprint density at radius 2 is 1.53 bits per heavy atom. The molecule has 0 aliphatic rings. The molecule has 0 heterocycles. The Balaban J connectivity index is 4.50. The molecule has 0 unspecified atom stereocenters. The van der Waals surface area contributed by atoms with Crippen molar-refractivity contribution in [3.63, 3.8) is 0 Å². The summed E-state index contributed by atoms with van der Waals surface area (Å²) >= 11 is 0. The van der Waals surface area contributed by atoms with Gasteiger partial charge in [-0.2, -0.15) is 13.2 Å². The summed E-state index contributed by atoms with van der Waals surface area (Å²) in [6.45, 7) is -1.06. The fourth-order valence-electron chi connectivity index (χ4n) is 0.619. The molecule has 0 atom stereocenters. The quantitative estimate of drug-likeness (QED) is 0.545. The number of hydrogen-bond acceptors (Lipinski definition) is 3. The van der Waals surface area contributed by atoms with Gasteiger partial charge < -0.3 is 0 Å². The summed E-state index contributed by atoms with van der Waals surface area (Å²) in [4.78, 5) is 0. The van der Waals surface area contributed by atoms with Crippen LogP contribution in [0.25, 0.3) is 0 Å². The summed E-state index contributed by atoms with van der Waals surface area (Å²) in [5.41, 5.74) is 0. The molecular weight excluding hydrogens is 232 g/mol. The monoisotopic (exact) mass is 240 g/mol. The second-order valence-electron chi connectivity index (χ2n) is 2.34. The summed E-state index contributed by atoms with van der Waals surface area (Å²) < 4.78 is 56.0. The van der Waals surface area contributed by atoms with Gasteiger partial charge in [0.25, 0.3) is 0 Å². The first-order chi connectivity index (χ1) is 6.83. The summed E-state index contributed by atoms with van der Waals surface area (Å²) in [6.07, 6.45) is 3.14. The molecule has 0 radical (unpaired) electrons. The minimum atomic E-state index is -4.67. The molecule has 0 aromatic heterocycles. The van der Waals surface area contributed by atoms with Crippen LogP contribution in [0.5, 0.6) is 0 Å². The first-order valence-corrected chi connectivity index (χ1v) is 5.37. The topological polar surface area (TPSA) is 35.5 Å². The molecular formula is C8H8F3O3P. The number of halogens is 3. The second-order valence-corrected chi connectivity index (χ2v) is 4.39. The lowest BCUT2D eigenvalue weighted by Gasteiger charge is -2.17. The van der Waals surface area contributed by atoms with Crippen LogP contribution in [0.2, 0.25) is 0 Å². The lowest BCUT2D eigenvalue weighted by molar-refractivity contribution is -0.110. The Bertz CT molecular complexity index is 301.